The molecule has 0 aliphatic carbocycles. The van der Waals surface area contributed by atoms with E-state index in [-0.39, 0.29) is 42.0 Å². The van der Waals surface area contributed by atoms with Gasteiger partial charge in [-0.05, 0) is 30.5 Å². The lowest BCUT2D eigenvalue weighted by molar-refractivity contribution is -0.135. The minimum absolute atomic E-state index is 0. The summed E-state index contributed by atoms with van der Waals surface area (Å²) in [6.07, 6.45) is 1.13. The molecular weight excluding hydrogens is 370 g/mol. The van der Waals surface area contributed by atoms with Crippen molar-refractivity contribution in [3.8, 4) is 11.5 Å². The largest absolute Gasteiger partial charge is 0.497 e. The van der Waals surface area contributed by atoms with Crippen molar-refractivity contribution in [1.82, 2.24) is 4.90 Å². The van der Waals surface area contributed by atoms with Crippen molar-refractivity contribution < 1.29 is 19.1 Å². The second kappa shape index (κ2) is 8.35. The third-order valence-electron chi connectivity index (χ3n) is 5.51. The molecule has 2 saturated heterocycles. The van der Waals surface area contributed by atoms with E-state index in [1.165, 1.54) is 0 Å². The number of nitrogens with two attached hydrogens (primary N) is 1. The van der Waals surface area contributed by atoms with Crippen molar-refractivity contribution in [2.75, 3.05) is 45.3 Å². The molecule has 27 heavy (non-hydrogen) atoms. The highest BCUT2D eigenvalue weighted by Gasteiger charge is 2.42. The average molecular weight is 398 g/mol. The number of nitrogens with zero attached hydrogens (tertiary/aromatic N) is 2. The van der Waals surface area contributed by atoms with Crippen LogP contribution in [-0.2, 0) is 9.59 Å². The van der Waals surface area contributed by atoms with Gasteiger partial charge in [0.2, 0.25) is 11.8 Å². The summed E-state index contributed by atoms with van der Waals surface area (Å²) in [5.41, 5.74) is 6.49. The molecule has 2 unspecified atom stereocenters. The van der Waals surface area contributed by atoms with Gasteiger partial charge in [-0.3, -0.25) is 9.59 Å². The summed E-state index contributed by atoms with van der Waals surface area (Å²) >= 11 is 0. The molecule has 2 heterocycles. The normalized spacial score (nSPS) is 24.7. The van der Waals surface area contributed by atoms with Gasteiger partial charge in [0.1, 0.15) is 11.5 Å². The molecule has 2 aliphatic heterocycles. The van der Waals surface area contributed by atoms with Crippen molar-refractivity contribution in [3.05, 3.63) is 18.2 Å². The fourth-order valence-corrected chi connectivity index (χ4v) is 3.75. The molecule has 0 aromatic heterocycles. The van der Waals surface area contributed by atoms with Crippen molar-refractivity contribution in [3.63, 3.8) is 0 Å². The summed E-state index contributed by atoms with van der Waals surface area (Å²) in [7, 11) is 3.13. The second-order valence-corrected chi connectivity index (χ2v) is 7.47. The van der Waals surface area contributed by atoms with Crippen LogP contribution in [0.25, 0.3) is 0 Å². The molecule has 8 heteroatoms. The summed E-state index contributed by atoms with van der Waals surface area (Å²) in [5, 5.41) is 0. The number of benzene rings is 1. The SMILES string of the molecule is COc1ccc(N2CC(C(=O)N3CCC(C)(CN)C3)CC2=O)c(OC)c1.Cl. The Hall–Kier alpha value is -1.99. The Balaban J connectivity index is 0.00000261. The molecule has 0 bridgehead atoms. The summed E-state index contributed by atoms with van der Waals surface area (Å²) in [5.74, 6) is 0.873. The monoisotopic (exact) mass is 397 g/mol. The van der Waals surface area contributed by atoms with E-state index in [2.05, 4.69) is 6.92 Å². The standard InChI is InChI=1S/C19H27N3O4.ClH/c1-19(11-20)6-7-21(12-19)18(24)13-8-17(23)22(10-13)15-5-4-14(25-2)9-16(15)26-3;/h4-5,9,13H,6-8,10-12,20H2,1-3H3;1H. The number of likely N-dealkylation sites (tertiary alicyclic amines) is 1. The van der Waals surface area contributed by atoms with Crippen molar-refractivity contribution in [1.29, 1.82) is 0 Å². The van der Waals surface area contributed by atoms with Crippen LogP contribution in [0.3, 0.4) is 0 Å². The minimum atomic E-state index is -0.325. The van der Waals surface area contributed by atoms with E-state index >= 15 is 0 Å². The van der Waals surface area contributed by atoms with Crippen molar-refractivity contribution >= 4 is 29.9 Å². The highest BCUT2D eigenvalue weighted by atomic mass is 35.5. The highest BCUT2D eigenvalue weighted by Crippen LogP contribution is 2.37. The lowest BCUT2D eigenvalue weighted by atomic mass is 9.90. The summed E-state index contributed by atoms with van der Waals surface area (Å²) < 4.78 is 10.6. The molecule has 0 radical (unpaired) electrons. The van der Waals surface area contributed by atoms with E-state index in [0.29, 0.717) is 43.4 Å². The maximum atomic E-state index is 12.9. The molecular formula is C19H28ClN3O4. The maximum absolute atomic E-state index is 12.9. The minimum Gasteiger partial charge on any atom is -0.497 e. The Labute approximate surface area is 166 Å². The van der Waals surface area contributed by atoms with E-state index in [9.17, 15) is 9.59 Å². The molecule has 7 nitrogen and oxygen atoms in total. The lowest BCUT2D eigenvalue weighted by Crippen LogP contribution is -2.38. The van der Waals surface area contributed by atoms with Crippen LogP contribution in [0, 0.1) is 11.3 Å². The number of anilines is 1. The zero-order valence-electron chi connectivity index (χ0n) is 16.1. The van der Waals surface area contributed by atoms with Crippen LogP contribution in [0.5, 0.6) is 11.5 Å². The molecule has 3 rings (SSSR count). The molecule has 0 saturated carbocycles. The molecule has 2 atom stereocenters. The van der Waals surface area contributed by atoms with Crippen LogP contribution < -0.4 is 20.1 Å². The van der Waals surface area contributed by atoms with Gasteiger partial charge < -0.3 is 25.0 Å². The third-order valence-corrected chi connectivity index (χ3v) is 5.51. The number of halogens is 1. The molecule has 2 amide bonds. The van der Waals surface area contributed by atoms with E-state index in [1.807, 2.05) is 4.90 Å². The van der Waals surface area contributed by atoms with Crippen LogP contribution in [0.4, 0.5) is 5.69 Å². The third kappa shape index (κ3) is 4.14. The van der Waals surface area contributed by atoms with Gasteiger partial charge in [-0.2, -0.15) is 0 Å². The van der Waals surface area contributed by atoms with Crippen LogP contribution in [0.2, 0.25) is 0 Å². The van der Waals surface area contributed by atoms with E-state index in [0.717, 1.165) is 6.42 Å². The Morgan fingerprint density at radius 1 is 1.33 bits per heavy atom. The van der Waals surface area contributed by atoms with Gasteiger partial charge in [0, 0.05) is 32.1 Å². The fraction of sp³-hybridized carbons (Fsp3) is 0.579. The first-order valence-electron chi connectivity index (χ1n) is 8.92. The van der Waals surface area contributed by atoms with E-state index in [4.69, 9.17) is 15.2 Å². The summed E-state index contributed by atoms with van der Waals surface area (Å²) in [6.45, 7) is 4.42. The molecule has 150 valence electrons. The smallest absolute Gasteiger partial charge is 0.228 e. The van der Waals surface area contributed by atoms with Crippen LogP contribution >= 0.6 is 12.4 Å². The van der Waals surface area contributed by atoms with Gasteiger partial charge >= 0.3 is 0 Å². The van der Waals surface area contributed by atoms with Gasteiger partial charge in [0.05, 0.1) is 25.8 Å². The Kier molecular flexibility index (Phi) is 6.59. The first kappa shape index (κ1) is 21.3. The van der Waals surface area contributed by atoms with Gasteiger partial charge in [0.25, 0.3) is 0 Å². The number of methoxy groups -OCH3 is 2. The Morgan fingerprint density at radius 2 is 2.07 bits per heavy atom. The van der Waals surface area contributed by atoms with E-state index < -0.39 is 0 Å². The Bertz CT molecular complexity index is 714. The van der Waals surface area contributed by atoms with Crippen LogP contribution in [0.1, 0.15) is 19.8 Å². The number of ether oxygens (including phenoxy) is 2. The Morgan fingerprint density at radius 3 is 2.67 bits per heavy atom. The molecule has 2 fully saturated rings. The van der Waals surface area contributed by atoms with Gasteiger partial charge in [-0.15, -0.1) is 12.4 Å². The molecule has 1 aromatic rings. The number of hydrogen-bond acceptors (Lipinski definition) is 5. The fourth-order valence-electron chi connectivity index (χ4n) is 3.75. The quantitative estimate of drug-likeness (QED) is 0.817. The zero-order valence-corrected chi connectivity index (χ0v) is 16.9. The first-order chi connectivity index (χ1) is 12.4. The maximum Gasteiger partial charge on any atom is 0.228 e. The number of carbonyl (C=O) groups is 2. The van der Waals surface area contributed by atoms with Crippen LogP contribution in [-0.4, -0.2) is 57.1 Å². The molecule has 0 spiro atoms. The van der Waals surface area contributed by atoms with E-state index in [1.54, 1.807) is 37.3 Å². The van der Waals surface area contributed by atoms with Gasteiger partial charge in [0.15, 0.2) is 0 Å². The predicted octanol–water partition coefficient (Wildman–Crippen LogP) is 1.68. The lowest BCUT2D eigenvalue weighted by Gasteiger charge is -2.25. The molecule has 2 aliphatic rings. The number of carbonyl (C=O) groups excluding carboxylic acids is 2. The number of rotatable bonds is 5. The zero-order chi connectivity index (χ0) is 18.9. The first-order valence-corrected chi connectivity index (χ1v) is 8.92. The van der Waals surface area contributed by atoms with Crippen LogP contribution in [0.15, 0.2) is 18.2 Å². The average Bonchev–Trinajstić information content (AvgIpc) is 3.24. The van der Waals surface area contributed by atoms with Crippen molar-refractivity contribution in [2.24, 2.45) is 17.1 Å². The number of hydrogen-bond donors (Lipinski definition) is 1. The second-order valence-electron chi connectivity index (χ2n) is 7.47. The predicted molar refractivity (Wildman–Crippen MR) is 106 cm³/mol. The molecule has 1 aromatic carbocycles. The molecule has 2 N–H and O–H groups in total. The highest BCUT2D eigenvalue weighted by molar-refractivity contribution is 6.01. The van der Waals surface area contributed by atoms with Gasteiger partial charge in [-0.1, -0.05) is 6.92 Å². The number of amides is 2. The summed E-state index contributed by atoms with van der Waals surface area (Å²) in [4.78, 5) is 28.9. The topological polar surface area (TPSA) is 85.1 Å². The van der Waals surface area contributed by atoms with Crippen molar-refractivity contribution in [2.45, 2.75) is 19.8 Å². The van der Waals surface area contributed by atoms with Gasteiger partial charge in [-0.25, -0.2) is 0 Å². The summed E-state index contributed by atoms with van der Waals surface area (Å²) in [6, 6.07) is 5.32.